The van der Waals surface area contributed by atoms with Crippen molar-refractivity contribution in [3.63, 3.8) is 0 Å². The third-order valence-corrected chi connectivity index (χ3v) is 4.06. The number of nitrogens with two attached hydrogens (primary N) is 1. The van der Waals surface area contributed by atoms with Crippen LogP contribution in [0.5, 0.6) is 0 Å². The average molecular weight is 339 g/mol. The van der Waals surface area contributed by atoms with Crippen molar-refractivity contribution in [3.05, 3.63) is 63.6 Å². The third kappa shape index (κ3) is 3.18. The minimum atomic E-state index is -0.286. The molecule has 0 aliphatic carbocycles. The van der Waals surface area contributed by atoms with Crippen molar-refractivity contribution in [2.75, 3.05) is 11.9 Å². The fourth-order valence-corrected chi connectivity index (χ4v) is 2.49. The SMILES string of the molecule is CN(C(=O)c1cccc(Cl)c1Cl)c1ccccc1C(N)=S. The zero-order valence-electron chi connectivity index (χ0n) is 11.1. The summed E-state index contributed by atoms with van der Waals surface area (Å²) in [6, 6.07) is 12.1. The first kappa shape index (κ1) is 15.8. The highest BCUT2D eigenvalue weighted by atomic mass is 35.5. The van der Waals surface area contributed by atoms with E-state index in [9.17, 15) is 4.79 Å². The van der Waals surface area contributed by atoms with E-state index < -0.39 is 0 Å². The Morgan fingerprint density at radius 1 is 1.10 bits per heavy atom. The largest absolute Gasteiger partial charge is 0.389 e. The summed E-state index contributed by atoms with van der Waals surface area (Å²) in [4.78, 5) is 14.3. The molecular formula is C15H12Cl2N2OS. The Morgan fingerprint density at radius 2 is 1.71 bits per heavy atom. The molecular weight excluding hydrogens is 327 g/mol. The normalized spacial score (nSPS) is 10.2. The highest BCUT2D eigenvalue weighted by molar-refractivity contribution is 7.80. The minimum absolute atomic E-state index is 0.224. The third-order valence-electron chi connectivity index (χ3n) is 3.02. The van der Waals surface area contributed by atoms with Crippen LogP contribution in [0.15, 0.2) is 42.5 Å². The van der Waals surface area contributed by atoms with Crippen molar-refractivity contribution < 1.29 is 4.79 Å². The highest BCUT2D eigenvalue weighted by Crippen LogP contribution is 2.28. The number of carbonyl (C=O) groups excluding carboxylic acids is 1. The van der Waals surface area contributed by atoms with Gasteiger partial charge in [0.25, 0.3) is 5.91 Å². The molecule has 0 fully saturated rings. The number of benzene rings is 2. The van der Waals surface area contributed by atoms with E-state index in [1.165, 1.54) is 4.90 Å². The molecule has 6 heteroatoms. The first-order chi connectivity index (χ1) is 9.93. The van der Waals surface area contributed by atoms with Gasteiger partial charge in [-0.25, -0.2) is 0 Å². The number of anilines is 1. The Morgan fingerprint density at radius 3 is 2.38 bits per heavy atom. The molecule has 0 atom stereocenters. The molecule has 0 bridgehead atoms. The quantitative estimate of drug-likeness (QED) is 0.863. The molecule has 2 aromatic carbocycles. The van der Waals surface area contributed by atoms with Crippen LogP contribution in [0.2, 0.25) is 10.0 Å². The van der Waals surface area contributed by atoms with Gasteiger partial charge in [-0.15, -0.1) is 0 Å². The zero-order chi connectivity index (χ0) is 15.6. The summed E-state index contributed by atoms with van der Waals surface area (Å²) in [5.41, 5.74) is 7.26. The van der Waals surface area contributed by atoms with E-state index in [0.29, 0.717) is 21.8 Å². The van der Waals surface area contributed by atoms with Gasteiger partial charge in [0.15, 0.2) is 0 Å². The van der Waals surface area contributed by atoms with Crippen LogP contribution >= 0.6 is 35.4 Å². The smallest absolute Gasteiger partial charge is 0.259 e. The van der Waals surface area contributed by atoms with Gasteiger partial charge in [-0.05, 0) is 24.3 Å². The monoisotopic (exact) mass is 338 g/mol. The van der Waals surface area contributed by atoms with Crippen LogP contribution in [-0.2, 0) is 0 Å². The molecule has 21 heavy (non-hydrogen) atoms. The lowest BCUT2D eigenvalue weighted by molar-refractivity contribution is 0.0993. The molecule has 0 saturated carbocycles. The van der Waals surface area contributed by atoms with Gasteiger partial charge < -0.3 is 10.6 Å². The molecule has 108 valence electrons. The fraction of sp³-hybridized carbons (Fsp3) is 0.0667. The maximum atomic E-state index is 12.6. The lowest BCUT2D eigenvalue weighted by atomic mass is 10.1. The number of nitrogens with zero attached hydrogens (tertiary/aromatic N) is 1. The zero-order valence-corrected chi connectivity index (χ0v) is 13.5. The van der Waals surface area contributed by atoms with Crippen LogP contribution in [0.1, 0.15) is 15.9 Å². The molecule has 2 rings (SSSR count). The Labute approximate surface area is 138 Å². The summed E-state index contributed by atoms with van der Waals surface area (Å²) in [6.07, 6.45) is 0. The molecule has 1 amide bonds. The van der Waals surface area contributed by atoms with Crippen LogP contribution in [-0.4, -0.2) is 17.9 Å². The Kier molecular flexibility index (Phi) is 4.83. The standard InChI is InChI=1S/C15H12Cl2N2OS/c1-19(12-8-3-2-5-9(12)14(18)21)15(20)10-6-4-7-11(16)13(10)17/h2-8H,1H3,(H2,18,21). The molecule has 0 spiro atoms. The van der Waals surface area contributed by atoms with Gasteiger partial charge in [-0.3, -0.25) is 4.79 Å². The number of carbonyl (C=O) groups is 1. The minimum Gasteiger partial charge on any atom is -0.389 e. The topological polar surface area (TPSA) is 46.3 Å². The van der Waals surface area contributed by atoms with Gasteiger partial charge >= 0.3 is 0 Å². The molecule has 2 N–H and O–H groups in total. The lowest BCUT2D eigenvalue weighted by Gasteiger charge is -2.21. The molecule has 0 saturated heterocycles. The van der Waals surface area contributed by atoms with E-state index in [2.05, 4.69) is 0 Å². The second-order valence-electron chi connectivity index (χ2n) is 4.35. The van der Waals surface area contributed by atoms with Crippen molar-refractivity contribution in [1.82, 2.24) is 0 Å². The van der Waals surface area contributed by atoms with Gasteiger partial charge in [0.2, 0.25) is 0 Å². The summed E-state index contributed by atoms with van der Waals surface area (Å²) >= 11 is 17.1. The fourth-order valence-electron chi connectivity index (χ4n) is 1.93. The van der Waals surface area contributed by atoms with Gasteiger partial charge in [0.1, 0.15) is 4.99 Å². The van der Waals surface area contributed by atoms with E-state index >= 15 is 0 Å². The van der Waals surface area contributed by atoms with Crippen LogP contribution in [0.25, 0.3) is 0 Å². The van der Waals surface area contributed by atoms with Gasteiger partial charge in [-0.1, -0.05) is 53.6 Å². The summed E-state index contributed by atoms with van der Waals surface area (Å²) < 4.78 is 0. The van der Waals surface area contributed by atoms with Crippen LogP contribution in [0.3, 0.4) is 0 Å². The van der Waals surface area contributed by atoms with Gasteiger partial charge in [-0.2, -0.15) is 0 Å². The van der Waals surface area contributed by atoms with E-state index in [4.69, 9.17) is 41.2 Å². The van der Waals surface area contributed by atoms with E-state index in [1.807, 2.05) is 6.07 Å². The predicted molar refractivity (Wildman–Crippen MR) is 91.5 cm³/mol. The summed E-state index contributed by atoms with van der Waals surface area (Å²) in [5, 5.41) is 0.558. The van der Waals surface area contributed by atoms with Crippen LogP contribution in [0, 0.1) is 0 Å². The molecule has 0 radical (unpaired) electrons. The van der Waals surface area contributed by atoms with Crippen molar-refractivity contribution in [2.45, 2.75) is 0 Å². The molecule has 0 unspecified atom stereocenters. The maximum Gasteiger partial charge on any atom is 0.259 e. The Hall–Kier alpha value is -1.62. The predicted octanol–water partition coefficient (Wildman–Crippen LogP) is 3.90. The molecule has 0 aromatic heterocycles. The van der Waals surface area contributed by atoms with Gasteiger partial charge in [0, 0.05) is 12.6 Å². The second kappa shape index (κ2) is 6.43. The molecule has 0 aliphatic heterocycles. The van der Waals surface area contributed by atoms with Gasteiger partial charge in [0.05, 0.1) is 21.3 Å². The molecule has 2 aromatic rings. The number of thiocarbonyl (C=S) groups is 1. The number of para-hydroxylation sites is 1. The van der Waals surface area contributed by atoms with E-state index in [1.54, 1.807) is 43.4 Å². The highest BCUT2D eigenvalue weighted by Gasteiger charge is 2.20. The average Bonchev–Trinajstić information content (AvgIpc) is 2.48. The van der Waals surface area contributed by atoms with Crippen molar-refractivity contribution in [1.29, 1.82) is 0 Å². The summed E-state index contributed by atoms with van der Waals surface area (Å²) in [7, 11) is 1.64. The number of halogens is 2. The number of rotatable bonds is 3. The van der Waals surface area contributed by atoms with Crippen molar-refractivity contribution in [2.24, 2.45) is 5.73 Å². The van der Waals surface area contributed by atoms with E-state index in [0.717, 1.165) is 0 Å². The van der Waals surface area contributed by atoms with Crippen LogP contribution < -0.4 is 10.6 Å². The van der Waals surface area contributed by atoms with Crippen LogP contribution in [0.4, 0.5) is 5.69 Å². The van der Waals surface area contributed by atoms with E-state index in [-0.39, 0.29) is 15.9 Å². The second-order valence-corrected chi connectivity index (χ2v) is 5.57. The first-order valence-electron chi connectivity index (χ1n) is 6.04. The molecule has 0 heterocycles. The molecule has 0 aliphatic rings. The maximum absolute atomic E-state index is 12.6. The number of hydrogen-bond donors (Lipinski definition) is 1. The van der Waals surface area contributed by atoms with Crippen molar-refractivity contribution in [3.8, 4) is 0 Å². The molecule has 3 nitrogen and oxygen atoms in total. The Balaban J connectivity index is 2.45. The Bertz CT molecular complexity index is 719. The van der Waals surface area contributed by atoms with Crippen molar-refractivity contribution >= 4 is 52.0 Å². The number of amides is 1. The lowest BCUT2D eigenvalue weighted by Crippen LogP contribution is -2.29. The number of hydrogen-bond acceptors (Lipinski definition) is 2. The summed E-state index contributed by atoms with van der Waals surface area (Å²) in [5.74, 6) is -0.286. The first-order valence-corrected chi connectivity index (χ1v) is 7.20. The summed E-state index contributed by atoms with van der Waals surface area (Å²) in [6.45, 7) is 0.